The first kappa shape index (κ1) is 18.8. The first-order valence-corrected chi connectivity index (χ1v) is 9.29. The minimum Gasteiger partial charge on any atom is -0.496 e. The Morgan fingerprint density at radius 1 is 1.42 bits per heavy atom. The van der Waals surface area contributed by atoms with Gasteiger partial charge in [-0.1, -0.05) is 0 Å². The van der Waals surface area contributed by atoms with E-state index in [1.807, 2.05) is 5.38 Å². The Kier molecular flexibility index (Phi) is 5.85. The Hall–Kier alpha value is -2.03. The van der Waals surface area contributed by atoms with Crippen LogP contribution in [0.5, 0.6) is 5.75 Å². The highest BCUT2D eigenvalue weighted by atomic mass is 32.1. The molecule has 1 aromatic heterocycles. The molecule has 1 aromatic carbocycles. The summed E-state index contributed by atoms with van der Waals surface area (Å²) in [5.41, 5.74) is 1.03. The number of aromatic nitrogens is 1. The molecule has 2 unspecified atom stereocenters. The fourth-order valence-electron chi connectivity index (χ4n) is 3.10. The maximum Gasteiger partial charge on any atom is 0.261 e. The molecule has 1 aliphatic heterocycles. The third-order valence-electron chi connectivity index (χ3n) is 4.06. The second-order valence-corrected chi connectivity index (χ2v) is 7.25. The quantitative estimate of drug-likeness (QED) is 0.865. The highest BCUT2D eigenvalue weighted by Gasteiger charge is 2.23. The van der Waals surface area contributed by atoms with E-state index in [4.69, 9.17) is 9.47 Å². The summed E-state index contributed by atoms with van der Waals surface area (Å²) in [5.74, 6) is -0.626. The Labute approximate surface area is 155 Å². The maximum atomic E-state index is 13.4. The van der Waals surface area contributed by atoms with Crippen molar-refractivity contribution < 1.29 is 18.7 Å². The van der Waals surface area contributed by atoms with Crippen molar-refractivity contribution in [2.75, 3.05) is 25.5 Å². The first-order valence-electron chi connectivity index (χ1n) is 8.41. The molecule has 0 aliphatic carbocycles. The Morgan fingerprint density at radius 3 is 2.85 bits per heavy atom. The third-order valence-corrected chi connectivity index (χ3v) is 4.87. The van der Waals surface area contributed by atoms with E-state index in [1.54, 1.807) is 0 Å². The summed E-state index contributed by atoms with van der Waals surface area (Å²) in [6.45, 7) is 6.52. The maximum absolute atomic E-state index is 13.4. The van der Waals surface area contributed by atoms with Crippen LogP contribution in [0.1, 0.15) is 29.9 Å². The number of methoxy groups -OCH3 is 1. The number of ether oxygens (including phenoxy) is 2. The van der Waals surface area contributed by atoms with Gasteiger partial charge in [0.2, 0.25) is 0 Å². The third kappa shape index (κ3) is 4.57. The Morgan fingerprint density at radius 2 is 2.15 bits per heavy atom. The molecule has 0 saturated carbocycles. The SMILES string of the molecule is COc1ccc(F)cc1C(=O)Nc1nc(CN2CC(C)OC(C)C2)cs1. The number of nitrogens with zero attached hydrogens (tertiary/aromatic N) is 2. The van der Waals surface area contributed by atoms with Crippen molar-refractivity contribution in [2.45, 2.75) is 32.6 Å². The van der Waals surface area contributed by atoms with Crippen LogP contribution >= 0.6 is 11.3 Å². The van der Waals surface area contributed by atoms with Gasteiger partial charge in [-0.15, -0.1) is 11.3 Å². The summed E-state index contributed by atoms with van der Waals surface area (Å²) >= 11 is 1.34. The summed E-state index contributed by atoms with van der Waals surface area (Å²) in [4.78, 5) is 19.2. The normalized spacial score (nSPS) is 20.8. The van der Waals surface area contributed by atoms with Crippen LogP contribution in [0.15, 0.2) is 23.6 Å². The molecule has 1 amide bonds. The van der Waals surface area contributed by atoms with Crippen LogP contribution < -0.4 is 10.1 Å². The lowest BCUT2D eigenvalue weighted by atomic mass is 10.2. The minimum absolute atomic E-state index is 0.139. The number of benzene rings is 1. The standard InChI is InChI=1S/C18H22FN3O3S/c1-11-7-22(8-12(2)25-11)9-14-10-26-18(20-14)21-17(23)15-6-13(19)4-5-16(15)24-3/h4-6,10-12H,7-9H2,1-3H3,(H,20,21,23). The van der Waals surface area contributed by atoms with Gasteiger partial charge in [0.05, 0.1) is 30.6 Å². The second kappa shape index (κ2) is 8.11. The van der Waals surface area contributed by atoms with E-state index in [1.165, 1.54) is 30.6 Å². The molecule has 0 bridgehead atoms. The second-order valence-electron chi connectivity index (χ2n) is 6.39. The highest BCUT2D eigenvalue weighted by Crippen LogP contribution is 2.23. The van der Waals surface area contributed by atoms with Gasteiger partial charge >= 0.3 is 0 Å². The number of rotatable bonds is 5. The van der Waals surface area contributed by atoms with Gasteiger partial charge in [0, 0.05) is 25.0 Å². The van der Waals surface area contributed by atoms with Gasteiger partial charge in [-0.25, -0.2) is 9.37 Å². The van der Waals surface area contributed by atoms with Crippen LogP contribution in [0.3, 0.4) is 0 Å². The van der Waals surface area contributed by atoms with Crippen molar-refractivity contribution in [3.63, 3.8) is 0 Å². The fourth-order valence-corrected chi connectivity index (χ4v) is 3.80. The summed E-state index contributed by atoms with van der Waals surface area (Å²) < 4.78 is 24.3. The smallest absolute Gasteiger partial charge is 0.261 e. The predicted molar refractivity (Wildman–Crippen MR) is 98.3 cm³/mol. The lowest BCUT2D eigenvalue weighted by Crippen LogP contribution is -2.44. The molecule has 140 valence electrons. The molecular weight excluding hydrogens is 357 g/mol. The number of morpholine rings is 1. The molecule has 1 N–H and O–H groups in total. The minimum atomic E-state index is -0.494. The van der Waals surface area contributed by atoms with Gasteiger partial charge < -0.3 is 9.47 Å². The molecule has 8 heteroatoms. The number of halogens is 1. The lowest BCUT2D eigenvalue weighted by molar-refractivity contribution is -0.0707. The summed E-state index contributed by atoms with van der Waals surface area (Å²) in [5, 5.41) is 5.11. The predicted octanol–water partition coefficient (Wildman–Crippen LogP) is 3.15. The van der Waals surface area contributed by atoms with Gasteiger partial charge in [-0.3, -0.25) is 15.0 Å². The summed E-state index contributed by atoms with van der Waals surface area (Å²) in [6, 6.07) is 3.83. The van der Waals surface area contributed by atoms with Crippen molar-refractivity contribution in [3.05, 3.63) is 40.7 Å². The van der Waals surface area contributed by atoms with Crippen molar-refractivity contribution in [1.29, 1.82) is 0 Å². The van der Waals surface area contributed by atoms with Gasteiger partial charge in [0.15, 0.2) is 5.13 Å². The van der Waals surface area contributed by atoms with Crippen LogP contribution in [0, 0.1) is 5.82 Å². The summed E-state index contributed by atoms with van der Waals surface area (Å²) in [7, 11) is 1.44. The van der Waals surface area contributed by atoms with E-state index in [0.717, 1.165) is 24.8 Å². The van der Waals surface area contributed by atoms with Crippen LogP contribution in [0.25, 0.3) is 0 Å². The number of thiazole rings is 1. The van der Waals surface area contributed by atoms with Crippen molar-refractivity contribution >= 4 is 22.4 Å². The monoisotopic (exact) mass is 379 g/mol. The van der Waals surface area contributed by atoms with Crippen LogP contribution in [0.4, 0.5) is 9.52 Å². The Balaban J connectivity index is 1.65. The van der Waals surface area contributed by atoms with Crippen LogP contribution in [-0.2, 0) is 11.3 Å². The van der Waals surface area contributed by atoms with Gasteiger partial charge in [0.25, 0.3) is 5.91 Å². The number of anilines is 1. The number of amides is 1. The number of carbonyl (C=O) groups excluding carboxylic acids is 1. The van der Waals surface area contributed by atoms with Crippen molar-refractivity contribution in [3.8, 4) is 5.75 Å². The molecule has 0 spiro atoms. The van der Waals surface area contributed by atoms with E-state index >= 15 is 0 Å². The van der Waals surface area contributed by atoms with Crippen molar-refractivity contribution in [1.82, 2.24) is 9.88 Å². The molecular formula is C18H22FN3O3S. The van der Waals surface area contributed by atoms with E-state index in [-0.39, 0.29) is 17.8 Å². The van der Waals surface area contributed by atoms with E-state index in [0.29, 0.717) is 17.4 Å². The zero-order valence-electron chi connectivity index (χ0n) is 15.0. The molecule has 1 fully saturated rings. The van der Waals surface area contributed by atoms with Crippen molar-refractivity contribution in [2.24, 2.45) is 0 Å². The van der Waals surface area contributed by atoms with Gasteiger partial charge in [-0.2, -0.15) is 0 Å². The van der Waals surface area contributed by atoms with E-state index < -0.39 is 11.7 Å². The molecule has 3 rings (SSSR count). The van der Waals surface area contributed by atoms with Gasteiger partial charge in [-0.05, 0) is 32.0 Å². The highest BCUT2D eigenvalue weighted by molar-refractivity contribution is 7.14. The zero-order chi connectivity index (χ0) is 18.7. The lowest BCUT2D eigenvalue weighted by Gasteiger charge is -2.34. The number of carbonyl (C=O) groups is 1. The molecule has 1 saturated heterocycles. The molecule has 0 radical (unpaired) electrons. The molecule has 1 aliphatic rings. The van der Waals surface area contributed by atoms with E-state index in [2.05, 4.69) is 29.0 Å². The molecule has 2 atom stereocenters. The largest absolute Gasteiger partial charge is 0.496 e. The van der Waals surface area contributed by atoms with Crippen LogP contribution in [0.2, 0.25) is 0 Å². The van der Waals surface area contributed by atoms with Gasteiger partial charge in [0.1, 0.15) is 11.6 Å². The fraction of sp³-hybridized carbons (Fsp3) is 0.444. The average Bonchev–Trinajstić information content (AvgIpc) is 3.00. The molecule has 6 nitrogen and oxygen atoms in total. The average molecular weight is 379 g/mol. The molecule has 2 heterocycles. The Bertz CT molecular complexity index is 773. The topological polar surface area (TPSA) is 63.7 Å². The summed E-state index contributed by atoms with van der Waals surface area (Å²) in [6.07, 6.45) is 0.383. The van der Waals surface area contributed by atoms with Crippen LogP contribution in [-0.4, -0.2) is 48.2 Å². The zero-order valence-corrected chi connectivity index (χ0v) is 15.8. The number of hydrogen-bond acceptors (Lipinski definition) is 6. The molecule has 26 heavy (non-hydrogen) atoms. The first-order chi connectivity index (χ1) is 12.4. The number of nitrogens with one attached hydrogen (secondary N) is 1. The molecule has 2 aromatic rings. The van der Waals surface area contributed by atoms with E-state index in [9.17, 15) is 9.18 Å². The number of hydrogen-bond donors (Lipinski definition) is 1.